The van der Waals surface area contributed by atoms with Gasteiger partial charge in [-0.15, -0.1) is 0 Å². The largest absolute Gasteiger partial charge is 0.481 e. The lowest BCUT2D eigenvalue weighted by Crippen LogP contribution is -2.58. The van der Waals surface area contributed by atoms with Crippen molar-refractivity contribution in [3.05, 3.63) is 0 Å². The van der Waals surface area contributed by atoms with E-state index >= 15 is 0 Å². The van der Waals surface area contributed by atoms with Crippen molar-refractivity contribution in [2.45, 2.75) is 39.3 Å². The van der Waals surface area contributed by atoms with E-state index in [2.05, 4.69) is 10.6 Å². The highest BCUT2D eigenvalue weighted by atomic mass is 16.5. The summed E-state index contributed by atoms with van der Waals surface area (Å²) in [6.45, 7) is 8.05. The minimum absolute atomic E-state index is 0.120. The number of hydrogen-bond acceptors (Lipinski definition) is 4. The van der Waals surface area contributed by atoms with Gasteiger partial charge in [-0.25, -0.2) is 0 Å². The predicted octanol–water partition coefficient (Wildman–Crippen LogP) is -0.0196. The molecular formula is C12H22N2O4. The Morgan fingerprint density at radius 3 is 2.61 bits per heavy atom. The highest BCUT2D eigenvalue weighted by Crippen LogP contribution is 2.29. The Hall–Kier alpha value is -1.14. The monoisotopic (exact) mass is 258 g/mol. The van der Waals surface area contributed by atoms with Crippen molar-refractivity contribution in [1.29, 1.82) is 0 Å². The summed E-state index contributed by atoms with van der Waals surface area (Å²) < 4.78 is 5.19. The zero-order valence-corrected chi connectivity index (χ0v) is 11.4. The second-order valence-electron chi connectivity index (χ2n) is 5.42. The second-order valence-corrected chi connectivity index (χ2v) is 5.42. The van der Waals surface area contributed by atoms with Gasteiger partial charge in [-0.2, -0.15) is 0 Å². The van der Waals surface area contributed by atoms with Crippen molar-refractivity contribution >= 4 is 11.9 Å². The summed E-state index contributed by atoms with van der Waals surface area (Å²) in [6, 6.07) is -0.500. The number of carbonyl (C=O) groups is 2. The molecule has 6 nitrogen and oxygen atoms in total. The molecule has 0 spiro atoms. The zero-order valence-electron chi connectivity index (χ0n) is 11.4. The van der Waals surface area contributed by atoms with Gasteiger partial charge in [0, 0.05) is 0 Å². The fourth-order valence-corrected chi connectivity index (χ4v) is 1.95. The van der Waals surface area contributed by atoms with Crippen molar-refractivity contribution in [2.75, 3.05) is 19.8 Å². The molecule has 1 saturated heterocycles. The van der Waals surface area contributed by atoms with Crippen LogP contribution in [0.4, 0.5) is 0 Å². The van der Waals surface area contributed by atoms with Gasteiger partial charge in [0.05, 0.1) is 24.8 Å². The molecule has 3 N–H and O–H groups in total. The van der Waals surface area contributed by atoms with Crippen LogP contribution in [0.2, 0.25) is 0 Å². The molecule has 18 heavy (non-hydrogen) atoms. The summed E-state index contributed by atoms with van der Waals surface area (Å²) >= 11 is 0. The molecule has 2 unspecified atom stereocenters. The SMILES string of the molecule is CCNC(C)(C)C(=O)NC1COCC1(C)C(=O)O. The van der Waals surface area contributed by atoms with E-state index in [1.165, 1.54) is 0 Å². The average molecular weight is 258 g/mol. The van der Waals surface area contributed by atoms with E-state index in [0.29, 0.717) is 6.54 Å². The Labute approximate surface area is 107 Å². The van der Waals surface area contributed by atoms with E-state index in [-0.39, 0.29) is 19.1 Å². The fourth-order valence-electron chi connectivity index (χ4n) is 1.95. The first-order valence-corrected chi connectivity index (χ1v) is 6.11. The highest BCUT2D eigenvalue weighted by Gasteiger charge is 2.48. The number of rotatable bonds is 5. The van der Waals surface area contributed by atoms with Gasteiger partial charge in [-0.05, 0) is 27.3 Å². The molecule has 0 bridgehead atoms. The van der Waals surface area contributed by atoms with E-state index in [9.17, 15) is 14.7 Å². The number of amides is 1. The quantitative estimate of drug-likeness (QED) is 0.645. The lowest BCUT2D eigenvalue weighted by molar-refractivity contribution is -0.149. The molecule has 0 aliphatic carbocycles. The van der Waals surface area contributed by atoms with Crippen LogP contribution in [0.15, 0.2) is 0 Å². The molecule has 0 radical (unpaired) electrons. The highest BCUT2D eigenvalue weighted by molar-refractivity contribution is 5.87. The minimum Gasteiger partial charge on any atom is -0.481 e. The molecular weight excluding hydrogens is 236 g/mol. The molecule has 0 aromatic rings. The maximum Gasteiger partial charge on any atom is 0.313 e. The third-order valence-electron chi connectivity index (χ3n) is 3.44. The van der Waals surface area contributed by atoms with Crippen LogP contribution in [0.5, 0.6) is 0 Å². The summed E-state index contributed by atoms with van der Waals surface area (Å²) in [4.78, 5) is 23.3. The molecule has 1 amide bonds. The Morgan fingerprint density at radius 1 is 1.50 bits per heavy atom. The van der Waals surface area contributed by atoms with Crippen molar-refractivity contribution in [3.63, 3.8) is 0 Å². The van der Waals surface area contributed by atoms with E-state index in [1.807, 2.05) is 6.92 Å². The van der Waals surface area contributed by atoms with Crippen LogP contribution in [-0.4, -0.2) is 48.3 Å². The zero-order chi connectivity index (χ0) is 14.0. The topological polar surface area (TPSA) is 87.7 Å². The van der Waals surface area contributed by atoms with E-state index < -0.39 is 23.0 Å². The number of likely N-dealkylation sites (N-methyl/N-ethyl adjacent to an activating group) is 1. The number of nitrogens with one attached hydrogen (secondary N) is 2. The minimum atomic E-state index is -1.06. The summed E-state index contributed by atoms with van der Waals surface area (Å²) in [6.07, 6.45) is 0. The smallest absolute Gasteiger partial charge is 0.313 e. The summed E-state index contributed by atoms with van der Waals surface area (Å²) in [7, 11) is 0. The molecule has 1 rings (SSSR count). The van der Waals surface area contributed by atoms with Gasteiger partial charge in [0.25, 0.3) is 0 Å². The van der Waals surface area contributed by atoms with Crippen molar-refractivity contribution in [1.82, 2.24) is 10.6 Å². The fraction of sp³-hybridized carbons (Fsp3) is 0.833. The van der Waals surface area contributed by atoms with Crippen LogP contribution in [0, 0.1) is 5.41 Å². The number of carbonyl (C=O) groups excluding carboxylic acids is 1. The van der Waals surface area contributed by atoms with E-state index in [1.54, 1.807) is 20.8 Å². The Bertz CT molecular complexity index is 343. The lowest BCUT2D eigenvalue weighted by atomic mass is 9.85. The van der Waals surface area contributed by atoms with Gasteiger partial charge in [0.15, 0.2) is 0 Å². The average Bonchev–Trinajstić information content (AvgIpc) is 2.61. The molecule has 0 aromatic carbocycles. The first-order chi connectivity index (χ1) is 8.24. The Morgan fingerprint density at radius 2 is 2.11 bits per heavy atom. The maximum atomic E-state index is 12.1. The first kappa shape index (κ1) is 14.9. The van der Waals surface area contributed by atoms with Crippen molar-refractivity contribution < 1.29 is 19.4 Å². The Kier molecular flexibility index (Phi) is 4.34. The number of ether oxygens (including phenoxy) is 1. The van der Waals surface area contributed by atoms with Gasteiger partial charge in [-0.1, -0.05) is 6.92 Å². The third-order valence-corrected chi connectivity index (χ3v) is 3.44. The predicted molar refractivity (Wildman–Crippen MR) is 66.2 cm³/mol. The standard InChI is InChI=1S/C12H22N2O4/c1-5-13-11(2,3)9(15)14-8-6-18-7-12(8,4)10(16)17/h8,13H,5-7H2,1-4H3,(H,14,15)(H,16,17). The number of carboxylic acid groups (broad SMARTS) is 1. The molecule has 2 atom stereocenters. The first-order valence-electron chi connectivity index (χ1n) is 6.11. The molecule has 1 aliphatic heterocycles. The second kappa shape index (κ2) is 5.24. The molecule has 1 aliphatic rings. The number of hydrogen-bond donors (Lipinski definition) is 3. The van der Waals surface area contributed by atoms with Crippen molar-refractivity contribution in [3.8, 4) is 0 Å². The molecule has 104 valence electrons. The summed E-state index contributed by atoms with van der Waals surface area (Å²) in [5.74, 6) is -1.17. The molecule has 6 heteroatoms. The normalized spacial score (nSPS) is 28.1. The maximum absolute atomic E-state index is 12.1. The summed E-state index contributed by atoms with van der Waals surface area (Å²) in [5.41, 5.74) is -1.78. The van der Waals surface area contributed by atoms with E-state index in [4.69, 9.17) is 4.74 Å². The van der Waals surface area contributed by atoms with Crippen LogP contribution in [0.25, 0.3) is 0 Å². The van der Waals surface area contributed by atoms with Gasteiger partial charge in [0.2, 0.25) is 5.91 Å². The van der Waals surface area contributed by atoms with Crippen molar-refractivity contribution in [2.24, 2.45) is 5.41 Å². The number of aliphatic carboxylic acids is 1. The summed E-state index contributed by atoms with van der Waals surface area (Å²) in [5, 5.41) is 15.0. The molecule has 1 fully saturated rings. The van der Waals surface area contributed by atoms with Crippen LogP contribution in [0.1, 0.15) is 27.7 Å². The van der Waals surface area contributed by atoms with Crippen LogP contribution in [0.3, 0.4) is 0 Å². The van der Waals surface area contributed by atoms with Crippen LogP contribution < -0.4 is 10.6 Å². The van der Waals surface area contributed by atoms with E-state index in [0.717, 1.165) is 0 Å². The van der Waals surface area contributed by atoms with Gasteiger partial charge < -0.3 is 20.5 Å². The number of carboxylic acids is 1. The molecule has 0 aromatic heterocycles. The third kappa shape index (κ3) is 2.81. The van der Waals surface area contributed by atoms with Crippen LogP contribution in [-0.2, 0) is 14.3 Å². The van der Waals surface area contributed by atoms with Gasteiger partial charge in [-0.3, -0.25) is 9.59 Å². The lowest BCUT2D eigenvalue weighted by Gasteiger charge is -2.30. The van der Waals surface area contributed by atoms with Crippen LogP contribution >= 0.6 is 0 Å². The molecule has 0 saturated carbocycles. The Balaban J connectivity index is 2.73. The molecule has 1 heterocycles. The van der Waals surface area contributed by atoms with Gasteiger partial charge >= 0.3 is 5.97 Å². The van der Waals surface area contributed by atoms with Gasteiger partial charge in [0.1, 0.15) is 5.41 Å².